The van der Waals surface area contributed by atoms with E-state index in [2.05, 4.69) is 4.98 Å². The molecule has 0 amide bonds. The van der Waals surface area contributed by atoms with Crippen molar-refractivity contribution in [2.75, 3.05) is 0 Å². The molecule has 0 atom stereocenters. The molecule has 0 aliphatic heterocycles. The Hall–Kier alpha value is -0.950. The Labute approximate surface area is 103 Å². The molecule has 0 aromatic carbocycles. The van der Waals surface area contributed by atoms with Crippen molar-refractivity contribution in [3.8, 4) is 0 Å². The van der Waals surface area contributed by atoms with Gasteiger partial charge in [0.2, 0.25) is 5.01 Å². The minimum absolute atomic E-state index is 0.0541. The number of hydrogen-bond donors (Lipinski definition) is 1. The van der Waals surface area contributed by atoms with Crippen LogP contribution < -0.4 is 0 Å². The van der Waals surface area contributed by atoms with Crippen molar-refractivity contribution in [1.82, 2.24) is 4.98 Å². The third kappa shape index (κ3) is 2.84. The van der Waals surface area contributed by atoms with Crippen LogP contribution in [0.15, 0.2) is 5.38 Å². The molecule has 0 unspecified atom stereocenters. The molecule has 0 saturated heterocycles. The molecule has 0 radical (unpaired) electrons. The van der Waals surface area contributed by atoms with Gasteiger partial charge in [-0.15, -0.1) is 11.3 Å². The first-order chi connectivity index (χ1) is 7.99. The van der Waals surface area contributed by atoms with Gasteiger partial charge in [0.15, 0.2) is 9.84 Å². The number of aromatic carboxylic acids is 1. The lowest BCUT2D eigenvalue weighted by molar-refractivity contribution is 0.0696. The van der Waals surface area contributed by atoms with Crippen molar-refractivity contribution in [2.24, 2.45) is 0 Å². The average molecular weight is 275 g/mol. The Morgan fingerprint density at radius 2 is 2.12 bits per heavy atom. The second-order valence-electron chi connectivity index (χ2n) is 4.16. The summed E-state index contributed by atoms with van der Waals surface area (Å²) in [6, 6.07) is 0. The largest absolute Gasteiger partial charge is 0.476 e. The summed E-state index contributed by atoms with van der Waals surface area (Å²) in [6.07, 6.45) is 3.36. The predicted octanol–water partition coefficient (Wildman–Crippen LogP) is 1.70. The van der Waals surface area contributed by atoms with Crippen molar-refractivity contribution in [3.05, 3.63) is 16.1 Å². The van der Waals surface area contributed by atoms with Crippen LogP contribution in [0.25, 0.3) is 0 Å². The zero-order valence-electron chi connectivity index (χ0n) is 9.13. The molecule has 17 heavy (non-hydrogen) atoms. The van der Waals surface area contributed by atoms with Crippen molar-refractivity contribution in [2.45, 2.75) is 36.7 Å². The van der Waals surface area contributed by atoms with E-state index in [1.807, 2.05) is 0 Å². The number of rotatable bonds is 4. The highest BCUT2D eigenvalue weighted by atomic mass is 32.2. The van der Waals surface area contributed by atoms with Crippen molar-refractivity contribution in [1.29, 1.82) is 0 Å². The lowest BCUT2D eigenvalue weighted by Crippen LogP contribution is -2.19. The highest BCUT2D eigenvalue weighted by molar-refractivity contribution is 7.91. The van der Waals surface area contributed by atoms with E-state index in [0.717, 1.165) is 37.0 Å². The third-order valence-corrected chi connectivity index (χ3v) is 5.96. The van der Waals surface area contributed by atoms with Gasteiger partial charge in [0.1, 0.15) is 0 Å². The minimum atomic E-state index is -3.17. The molecule has 0 spiro atoms. The third-order valence-electron chi connectivity index (χ3n) is 2.89. The first kappa shape index (κ1) is 12.5. The quantitative estimate of drug-likeness (QED) is 0.904. The second kappa shape index (κ2) is 4.73. The Kier molecular flexibility index (Phi) is 3.48. The number of aromatic nitrogens is 1. The minimum Gasteiger partial charge on any atom is -0.476 e. The number of sulfone groups is 1. The fraction of sp³-hybridized carbons (Fsp3) is 0.600. The number of carbonyl (C=O) groups is 1. The Balaban J connectivity index is 2.11. The van der Waals surface area contributed by atoms with Gasteiger partial charge in [-0.2, -0.15) is 0 Å². The number of carboxylic acids is 1. The van der Waals surface area contributed by atoms with Gasteiger partial charge >= 0.3 is 5.97 Å². The standard InChI is InChI=1S/C10H13NO4S2/c12-10(13)9-11-7(5-16-9)6-17(14,15)8-3-1-2-4-8/h5,8H,1-4,6H2,(H,12,13). The molecular weight excluding hydrogens is 262 g/mol. The molecule has 0 bridgehead atoms. The average Bonchev–Trinajstić information content (AvgIpc) is 2.85. The van der Waals surface area contributed by atoms with E-state index in [0.29, 0.717) is 5.69 Å². The van der Waals surface area contributed by atoms with Crippen molar-refractivity contribution in [3.63, 3.8) is 0 Å². The zero-order valence-corrected chi connectivity index (χ0v) is 10.8. The summed E-state index contributed by atoms with van der Waals surface area (Å²) in [6.45, 7) is 0. The highest BCUT2D eigenvalue weighted by Gasteiger charge is 2.29. The van der Waals surface area contributed by atoms with Crippen LogP contribution in [0.1, 0.15) is 41.2 Å². The van der Waals surface area contributed by atoms with Crippen molar-refractivity contribution >= 4 is 27.1 Å². The Bertz CT molecular complexity index is 514. The lowest BCUT2D eigenvalue weighted by atomic mass is 10.4. The molecule has 1 saturated carbocycles. The van der Waals surface area contributed by atoms with Gasteiger partial charge in [0.25, 0.3) is 0 Å². The van der Waals surface area contributed by atoms with Gasteiger partial charge in [-0.05, 0) is 12.8 Å². The second-order valence-corrected chi connectivity index (χ2v) is 7.30. The Morgan fingerprint density at radius 1 is 1.47 bits per heavy atom. The molecule has 1 N–H and O–H groups in total. The maximum absolute atomic E-state index is 12.0. The van der Waals surface area contributed by atoms with Crippen LogP contribution in [0.5, 0.6) is 0 Å². The smallest absolute Gasteiger partial charge is 0.365 e. The molecular formula is C10H13NO4S2. The highest BCUT2D eigenvalue weighted by Crippen LogP contribution is 2.27. The fourth-order valence-corrected chi connectivity index (χ4v) is 4.65. The molecule has 1 aliphatic rings. The summed E-state index contributed by atoms with van der Waals surface area (Å²) in [5.74, 6) is -1.25. The number of thiazole rings is 1. The van der Waals surface area contributed by atoms with E-state index in [9.17, 15) is 13.2 Å². The molecule has 1 aliphatic carbocycles. The fourth-order valence-electron chi connectivity index (χ4n) is 2.04. The maximum atomic E-state index is 12.0. The Morgan fingerprint density at radius 3 is 2.65 bits per heavy atom. The summed E-state index contributed by atoms with van der Waals surface area (Å²) in [5, 5.41) is 9.90. The summed E-state index contributed by atoms with van der Waals surface area (Å²) >= 11 is 0.966. The summed E-state index contributed by atoms with van der Waals surface area (Å²) < 4.78 is 24.0. The van der Waals surface area contributed by atoms with E-state index in [1.54, 1.807) is 0 Å². The lowest BCUT2D eigenvalue weighted by Gasteiger charge is -2.08. The van der Waals surface area contributed by atoms with Crippen LogP contribution in [0.2, 0.25) is 0 Å². The van der Waals surface area contributed by atoms with E-state index in [1.165, 1.54) is 5.38 Å². The molecule has 7 heteroatoms. The van der Waals surface area contributed by atoms with E-state index < -0.39 is 15.8 Å². The molecule has 1 fully saturated rings. The van der Waals surface area contributed by atoms with Gasteiger partial charge in [0, 0.05) is 5.38 Å². The molecule has 1 aromatic rings. The summed E-state index contributed by atoms with van der Waals surface area (Å²) in [7, 11) is -3.17. The van der Waals surface area contributed by atoms with Gasteiger partial charge in [0.05, 0.1) is 16.7 Å². The number of carboxylic acid groups (broad SMARTS) is 1. The monoisotopic (exact) mass is 275 g/mol. The summed E-state index contributed by atoms with van der Waals surface area (Å²) in [5.41, 5.74) is 0.347. The molecule has 1 aromatic heterocycles. The van der Waals surface area contributed by atoms with E-state index in [-0.39, 0.29) is 16.0 Å². The van der Waals surface area contributed by atoms with Crippen LogP contribution in [0, 0.1) is 0 Å². The van der Waals surface area contributed by atoms with Crippen LogP contribution in [-0.4, -0.2) is 29.7 Å². The normalized spacial score (nSPS) is 17.4. The summed E-state index contributed by atoms with van der Waals surface area (Å²) in [4.78, 5) is 14.4. The van der Waals surface area contributed by atoms with Gasteiger partial charge in [-0.1, -0.05) is 12.8 Å². The molecule has 1 heterocycles. The SMILES string of the molecule is O=C(O)c1nc(CS(=O)(=O)C2CCCC2)cs1. The maximum Gasteiger partial charge on any atom is 0.365 e. The van der Waals surface area contributed by atoms with Gasteiger partial charge in [-0.3, -0.25) is 0 Å². The first-order valence-electron chi connectivity index (χ1n) is 5.38. The van der Waals surface area contributed by atoms with Crippen LogP contribution in [0.3, 0.4) is 0 Å². The first-order valence-corrected chi connectivity index (χ1v) is 7.98. The van der Waals surface area contributed by atoms with Crippen LogP contribution >= 0.6 is 11.3 Å². The number of hydrogen-bond acceptors (Lipinski definition) is 5. The van der Waals surface area contributed by atoms with Crippen molar-refractivity contribution < 1.29 is 18.3 Å². The topological polar surface area (TPSA) is 84.3 Å². The number of nitrogens with zero attached hydrogens (tertiary/aromatic N) is 1. The molecule has 2 rings (SSSR count). The van der Waals surface area contributed by atoms with Crippen LogP contribution in [-0.2, 0) is 15.6 Å². The van der Waals surface area contributed by atoms with E-state index >= 15 is 0 Å². The predicted molar refractivity (Wildman–Crippen MR) is 64.0 cm³/mol. The van der Waals surface area contributed by atoms with Gasteiger partial charge < -0.3 is 5.11 Å². The van der Waals surface area contributed by atoms with Gasteiger partial charge in [-0.25, -0.2) is 18.2 Å². The molecule has 94 valence electrons. The van der Waals surface area contributed by atoms with Crippen LogP contribution in [0.4, 0.5) is 0 Å². The van der Waals surface area contributed by atoms with E-state index in [4.69, 9.17) is 5.11 Å². The zero-order chi connectivity index (χ0) is 12.5. The molecule has 5 nitrogen and oxygen atoms in total.